The Morgan fingerprint density at radius 1 is 1.21 bits per heavy atom. The molecule has 1 aromatic carbocycles. The van der Waals surface area contributed by atoms with Crippen LogP contribution in [0, 0.1) is 18.0 Å². The zero-order valence-corrected chi connectivity index (χ0v) is 9.76. The Morgan fingerprint density at radius 2 is 1.86 bits per heavy atom. The molecule has 0 aliphatic heterocycles. The highest BCUT2D eigenvalue weighted by molar-refractivity contribution is 6.83. The van der Waals surface area contributed by atoms with Crippen LogP contribution in [0.2, 0.25) is 19.6 Å². The van der Waals surface area contributed by atoms with E-state index in [0.717, 1.165) is 5.56 Å². The normalized spacial score (nSPS) is 9.86. The lowest BCUT2D eigenvalue weighted by Crippen LogP contribution is -2.16. The molecule has 0 saturated heterocycles. The quantitative estimate of drug-likeness (QED) is 0.342. The number of para-hydroxylation sites is 1. The van der Waals surface area contributed by atoms with Gasteiger partial charge in [0.25, 0.3) is 0 Å². The van der Waals surface area contributed by atoms with Crippen LogP contribution in [-0.2, 0) is 0 Å². The molecule has 2 heteroatoms. The maximum absolute atomic E-state index is 6.99. The van der Waals surface area contributed by atoms with Crippen molar-refractivity contribution in [2.24, 2.45) is 0 Å². The molecule has 0 N–H and O–H groups in total. The first-order valence-corrected chi connectivity index (χ1v) is 8.02. The fourth-order valence-electron chi connectivity index (χ4n) is 0.932. The van der Waals surface area contributed by atoms with Crippen molar-refractivity contribution >= 4 is 13.8 Å². The number of benzene rings is 1. The number of rotatable bonds is 0. The summed E-state index contributed by atoms with van der Waals surface area (Å²) >= 11 is 0. The van der Waals surface area contributed by atoms with Crippen LogP contribution in [-0.4, -0.2) is 8.07 Å². The summed E-state index contributed by atoms with van der Waals surface area (Å²) in [7, 11) is -1.34. The first-order chi connectivity index (χ1) is 6.53. The van der Waals surface area contributed by atoms with Gasteiger partial charge < -0.3 is 0 Å². The second-order valence-corrected chi connectivity index (χ2v) is 8.88. The van der Waals surface area contributed by atoms with Gasteiger partial charge in [-0.3, -0.25) is 0 Å². The van der Waals surface area contributed by atoms with Gasteiger partial charge in [-0.2, -0.15) is 0 Å². The molecule has 0 saturated carbocycles. The van der Waals surface area contributed by atoms with E-state index in [1.54, 1.807) is 6.07 Å². The predicted molar refractivity (Wildman–Crippen MR) is 62.9 cm³/mol. The van der Waals surface area contributed by atoms with Crippen LogP contribution in [0.15, 0.2) is 24.3 Å². The second-order valence-electron chi connectivity index (χ2n) is 4.13. The van der Waals surface area contributed by atoms with E-state index in [9.17, 15) is 0 Å². The molecule has 0 aliphatic carbocycles. The number of hydrogen-bond acceptors (Lipinski definition) is 0. The lowest BCUT2D eigenvalue weighted by Gasteiger charge is -2.03. The Labute approximate surface area is 86.6 Å². The summed E-state index contributed by atoms with van der Waals surface area (Å²) in [5.74, 6) is 3.10. The van der Waals surface area contributed by atoms with E-state index in [1.165, 1.54) is 0 Å². The van der Waals surface area contributed by atoms with E-state index in [2.05, 4.69) is 36.0 Å². The van der Waals surface area contributed by atoms with Gasteiger partial charge in [0.2, 0.25) is 5.69 Å². The molecule has 1 rings (SSSR count). The molecule has 0 heterocycles. The van der Waals surface area contributed by atoms with E-state index in [-0.39, 0.29) is 0 Å². The summed E-state index contributed by atoms with van der Waals surface area (Å²) in [6.45, 7) is 13.6. The molecular weight excluding hydrogens is 186 g/mol. The summed E-state index contributed by atoms with van der Waals surface area (Å²) in [6.07, 6.45) is 0. The molecule has 1 nitrogen and oxygen atoms in total. The van der Waals surface area contributed by atoms with E-state index in [1.807, 2.05) is 18.2 Å². The number of hydrogen-bond donors (Lipinski definition) is 0. The van der Waals surface area contributed by atoms with Crippen LogP contribution < -0.4 is 0 Å². The van der Waals surface area contributed by atoms with Gasteiger partial charge in [-0.25, -0.2) is 4.85 Å². The van der Waals surface area contributed by atoms with Crippen LogP contribution in [0.5, 0.6) is 0 Å². The lowest BCUT2D eigenvalue weighted by molar-refractivity contribution is 1.66. The molecule has 0 unspecified atom stereocenters. The summed E-state index contributed by atoms with van der Waals surface area (Å²) < 4.78 is 0. The first-order valence-electron chi connectivity index (χ1n) is 4.52. The molecule has 0 atom stereocenters. The molecule has 0 radical (unpaired) electrons. The molecule has 1 aromatic rings. The van der Waals surface area contributed by atoms with Crippen molar-refractivity contribution in [2.45, 2.75) is 19.6 Å². The minimum Gasteiger partial charge on any atom is -0.237 e. The number of nitrogens with zero attached hydrogens (tertiary/aromatic N) is 1. The van der Waals surface area contributed by atoms with E-state index >= 15 is 0 Å². The van der Waals surface area contributed by atoms with E-state index < -0.39 is 8.07 Å². The van der Waals surface area contributed by atoms with Gasteiger partial charge in [0.05, 0.1) is 6.57 Å². The third-order valence-electron chi connectivity index (χ3n) is 1.60. The molecular formula is C12H13NSi. The van der Waals surface area contributed by atoms with Crippen LogP contribution >= 0.6 is 0 Å². The monoisotopic (exact) mass is 199 g/mol. The van der Waals surface area contributed by atoms with Crippen molar-refractivity contribution < 1.29 is 0 Å². The Hall–Kier alpha value is -1.51. The molecule has 70 valence electrons. The van der Waals surface area contributed by atoms with Crippen molar-refractivity contribution in [1.29, 1.82) is 0 Å². The zero-order chi connectivity index (χ0) is 10.6. The van der Waals surface area contributed by atoms with Gasteiger partial charge in [0.1, 0.15) is 8.07 Å². The van der Waals surface area contributed by atoms with Gasteiger partial charge in [0.15, 0.2) is 0 Å². The second kappa shape index (κ2) is 4.13. The third-order valence-corrected chi connectivity index (χ3v) is 2.47. The van der Waals surface area contributed by atoms with Gasteiger partial charge >= 0.3 is 0 Å². The van der Waals surface area contributed by atoms with E-state index in [0.29, 0.717) is 5.69 Å². The van der Waals surface area contributed by atoms with Gasteiger partial charge in [-0.15, -0.1) is 5.54 Å². The Kier molecular flexibility index (Phi) is 3.12. The van der Waals surface area contributed by atoms with Gasteiger partial charge in [-0.05, 0) is 0 Å². The highest BCUT2D eigenvalue weighted by Gasteiger charge is 2.07. The Balaban J connectivity index is 3.08. The minimum atomic E-state index is -1.34. The van der Waals surface area contributed by atoms with Gasteiger partial charge in [-0.1, -0.05) is 49.8 Å². The summed E-state index contributed by atoms with van der Waals surface area (Å²) in [6, 6.07) is 7.50. The molecule has 0 amide bonds. The first kappa shape index (κ1) is 10.6. The maximum atomic E-state index is 6.99. The molecule has 0 spiro atoms. The molecule has 0 aliphatic rings. The van der Waals surface area contributed by atoms with Crippen molar-refractivity contribution in [2.75, 3.05) is 0 Å². The van der Waals surface area contributed by atoms with Crippen LogP contribution in [0.4, 0.5) is 5.69 Å². The van der Waals surface area contributed by atoms with Crippen molar-refractivity contribution in [1.82, 2.24) is 0 Å². The zero-order valence-electron chi connectivity index (χ0n) is 8.76. The maximum Gasteiger partial charge on any atom is 0.202 e. The topological polar surface area (TPSA) is 4.36 Å². The molecule has 0 aromatic heterocycles. The summed E-state index contributed by atoms with van der Waals surface area (Å²) in [5, 5.41) is 0. The van der Waals surface area contributed by atoms with Crippen LogP contribution in [0.25, 0.3) is 4.85 Å². The standard InChI is InChI=1S/C12H13NSi/c1-13-12-8-6-5-7-11(12)9-10-14(2,3)4/h5-8H,2-4H3. The van der Waals surface area contributed by atoms with Crippen molar-refractivity contribution in [3.8, 4) is 11.5 Å². The lowest BCUT2D eigenvalue weighted by atomic mass is 10.2. The Bertz CT molecular complexity index is 424. The van der Waals surface area contributed by atoms with Crippen LogP contribution in [0.3, 0.4) is 0 Å². The SMILES string of the molecule is [C-]#[N+]c1ccccc1C#C[Si](C)(C)C. The largest absolute Gasteiger partial charge is 0.237 e. The Morgan fingerprint density at radius 3 is 2.43 bits per heavy atom. The highest BCUT2D eigenvalue weighted by atomic mass is 28.3. The fraction of sp³-hybridized carbons (Fsp3) is 0.250. The molecule has 0 fully saturated rings. The average molecular weight is 199 g/mol. The predicted octanol–water partition coefficient (Wildman–Crippen LogP) is 3.47. The van der Waals surface area contributed by atoms with Crippen molar-refractivity contribution in [3.05, 3.63) is 41.2 Å². The van der Waals surface area contributed by atoms with Gasteiger partial charge in [0, 0.05) is 5.56 Å². The fourth-order valence-corrected chi connectivity index (χ4v) is 1.44. The molecule has 14 heavy (non-hydrogen) atoms. The summed E-state index contributed by atoms with van der Waals surface area (Å²) in [5.41, 5.74) is 4.76. The average Bonchev–Trinajstić information content (AvgIpc) is 2.14. The molecule has 0 bridgehead atoms. The van der Waals surface area contributed by atoms with Crippen LogP contribution in [0.1, 0.15) is 5.56 Å². The highest BCUT2D eigenvalue weighted by Crippen LogP contribution is 2.17. The van der Waals surface area contributed by atoms with E-state index in [4.69, 9.17) is 6.57 Å². The minimum absolute atomic E-state index is 0.651. The summed E-state index contributed by atoms with van der Waals surface area (Å²) in [4.78, 5) is 3.43. The third kappa shape index (κ3) is 3.09. The van der Waals surface area contributed by atoms with Crippen molar-refractivity contribution in [3.63, 3.8) is 0 Å². The smallest absolute Gasteiger partial charge is 0.202 e.